The number of amides is 2. The summed E-state index contributed by atoms with van der Waals surface area (Å²) in [4.78, 5) is 30.1. The molecule has 0 radical (unpaired) electrons. The van der Waals surface area contributed by atoms with Gasteiger partial charge in [-0.15, -0.1) is 0 Å². The van der Waals surface area contributed by atoms with E-state index >= 15 is 9.59 Å². The lowest BCUT2D eigenvalue weighted by molar-refractivity contribution is -0.150. The summed E-state index contributed by atoms with van der Waals surface area (Å²) in [6, 6.07) is 27.2. The van der Waals surface area contributed by atoms with Crippen LogP contribution in [0.2, 0.25) is 0 Å². The van der Waals surface area contributed by atoms with Gasteiger partial charge < -0.3 is 20.8 Å². The van der Waals surface area contributed by atoms with E-state index in [0.29, 0.717) is 38.5 Å². The highest BCUT2D eigenvalue weighted by Gasteiger charge is 2.51. The van der Waals surface area contributed by atoms with E-state index < -0.39 is 28.7 Å². The Labute approximate surface area is 297 Å². The first-order valence-corrected chi connectivity index (χ1v) is 19.4. The molecular formula is C44H54N2O4. The third-order valence-corrected chi connectivity index (χ3v) is 12.4. The third kappa shape index (κ3) is 6.81. The summed E-state index contributed by atoms with van der Waals surface area (Å²) in [6.45, 7) is 0. The number of aliphatic hydroxyl groups is 2. The van der Waals surface area contributed by atoms with Crippen molar-refractivity contribution in [2.24, 2.45) is 5.41 Å². The summed E-state index contributed by atoms with van der Waals surface area (Å²) < 4.78 is 0. The van der Waals surface area contributed by atoms with Crippen molar-refractivity contribution in [3.63, 3.8) is 0 Å². The maximum absolute atomic E-state index is 15.0. The molecule has 264 valence electrons. The van der Waals surface area contributed by atoms with Crippen molar-refractivity contribution in [1.29, 1.82) is 0 Å². The minimum atomic E-state index is -1.31. The van der Waals surface area contributed by atoms with Crippen LogP contribution in [0.3, 0.4) is 0 Å². The molecule has 0 heterocycles. The first-order valence-electron chi connectivity index (χ1n) is 19.4. The van der Waals surface area contributed by atoms with Crippen LogP contribution in [-0.2, 0) is 9.59 Å². The van der Waals surface area contributed by atoms with Crippen molar-refractivity contribution >= 4 is 33.4 Å². The number of nitrogens with one attached hydrogen (secondary N) is 2. The van der Waals surface area contributed by atoms with Gasteiger partial charge in [-0.05, 0) is 71.2 Å². The molecule has 0 unspecified atom stereocenters. The topological polar surface area (TPSA) is 98.7 Å². The highest BCUT2D eigenvalue weighted by atomic mass is 16.3. The van der Waals surface area contributed by atoms with Crippen LogP contribution in [0.15, 0.2) is 84.9 Å². The summed E-state index contributed by atoms with van der Waals surface area (Å²) in [5, 5.41) is 35.8. The maximum atomic E-state index is 15.0. The lowest BCUT2D eigenvalue weighted by Crippen LogP contribution is -2.58. The van der Waals surface area contributed by atoms with Crippen LogP contribution < -0.4 is 10.6 Å². The zero-order chi connectivity index (χ0) is 34.6. The number of hydrogen-bond donors (Lipinski definition) is 4. The van der Waals surface area contributed by atoms with Crippen LogP contribution in [0.5, 0.6) is 0 Å². The molecule has 4 N–H and O–H groups in total. The molecule has 4 aromatic carbocycles. The van der Waals surface area contributed by atoms with E-state index in [-0.39, 0.29) is 11.8 Å². The summed E-state index contributed by atoms with van der Waals surface area (Å²) in [7, 11) is 0. The highest BCUT2D eigenvalue weighted by molar-refractivity contribution is 6.06. The van der Waals surface area contributed by atoms with E-state index in [1.54, 1.807) is 0 Å². The quantitative estimate of drug-likeness (QED) is 0.111. The van der Waals surface area contributed by atoms with Crippen molar-refractivity contribution in [2.45, 2.75) is 132 Å². The predicted molar refractivity (Wildman–Crippen MR) is 200 cm³/mol. The molecular weight excluding hydrogens is 620 g/mol. The van der Waals surface area contributed by atoms with Gasteiger partial charge in [0.15, 0.2) is 0 Å². The Kier molecular flexibility index (Phi) is 10.3. The summed E-state index contributed by atoms with van der Waals surface area (Å²) in [6.07, 6.45) is 13.6. The lowest BCUT2D eigenvalue weighted by atomic mass is 9.71. The van der Waals surface area contributed by atoms with Crippen molar-refractivity contribution in [3.8, 4) is 0 Å². The molecule has 6 heteroatoms. The van der Waals surface area contributed by atoms with E-state index in [4.69, 9.17) is 0 Å². The van der Waals surface area contributed by atoms with Gasteiger partial charge in [0.05, 0.1) is 23.3 Å². The molecule has 6 nitrogen and oxygen atoms in total. The molecule has 0 aliphatic heterocycles. The number of fused-ring (bicyclic) bond motifs is 2. The van der Waals surface area contributed by atoms with Crippen molar-refractivity contribution in [1.82, 2.24) is 10.6 Å². The van der Waals surface area contributed by atoms with Crippen LogP contribution in [0, 0.1) is 5.41 Å². The molecule has 7 rings (SSSR count). The second kappa shape index (κ2) is 14.9. The summed E-state index contributed by atoms with van der Waals surface area (Å²) in [5.41, 5.74) is -1.79. The average Bonchev–Trinajstić information content (AvgIpc) is 3.52. The molecule has 3 fully saturated rings. The van der Waals surface area contributed by atoms with Gasteiger partial charge in [0.2, 0.25) is 11.8 Å². The van der Waals surface area contributed by atoms with Crippen molar-refractivity contribution in [2.75, 3.05) is 0 Å². The summed E-state index contributed by atoms with van der Waals surface area (Å²) >= 11 is 0. The predicted octanol–water partition coefficient (Wildman–Crippen LogP) is 9.13. The number of carbonyl (C=O) groups is 2. The van der Waals surface area contributed by atoms with Crippen LogP contribution in [0.1, 0.15) is 132 Å². The molecule has 0 aromatic heterocycles. The zero-order valence-corrected chi connectivity index (χ0v) is 29.5. The van der Waals surface area contributed by atoms with E-state index in [9.17, 15) is 10.2 Å². The second-order valence-corrected chi connectivity index (χ2v) is 15.6. The largest absolute Gasteiger partial charge is 0.387 e. The van der Waals surface area contributed by atoms with Crippen molar-refractivity contribution < 1.29 is 19.8 Å². The summed E-state index contributed by atoms with van der Waals surface area (Å²) in [5.74, 6) is -0.621. The molecule has 0 bridgehead atoms. The first-order chi connectivity index (χ1) is 24.3. The molecule has 2 atom stereocenters. The molecule has 2 amide bonds. The Hall–Kier alpha value is -3.74. The van der Waals surface area contributed by atoms with E-state index in [0.717, 1.165) is 103 Å². The van der Waals surface area contributed by atoms with Gasteiger partial charge >= 0.3 is 0 Å². The Morgan fingerprint density at radius 1 is 0.460 bits per heavy atom. The van der Waals surface area contributed by atoms with Crippen LogP contribution in [-0.4, -0.2) is 33.2 Å². The second-order valence-electron chi connectivity index (χ2n) is 15.6. The number of hydrogen-bond acceptors (Lipinski definition) is 4. The maximum Gasteiger partial charge on any atom is 0.236 e. The van der Waals surface area contributed by atoms with Gasteiger partial charge in [0, 0.05) is 0 Å². The number of benzene rings is 4. The Morgan fingerprint density at radius 2 is 0.800 bits per heavy atom. The highest BCUT2D eigenvalue weighted by Crippen LogP contribution is 2.45. The van der Waals surface area contributed by atoms with E-state index in [1.165, 1.54) is 0 Å². The van der Waals surface area contributed by atoms with Crippen LogP contribution >= 0.6 is 0 Å². The van der Waals surface area contributed by atoms with Gasteiger partial charge in [-0.1, -0.05) is 156 Å². The number of carbonyl (C=O) groups excluding carboxylic acids is 2. The molecule has 0 saturated heterocycles. The Balaban J connectivity index is 1.28. The van der Waals surface area contributed by atoms with Gasteiger partial charge in [0.1, 0.15) is 5.41 Å². The molecule has 4 aromatic rings. The molecule has 3 saturated carbocycles. The zero-order valence-electron chi connectivity index (χ0n) is 29.5. The fourth-order valence-electron chi connectivity index (χ4n) is 9.52. The number of rotatable bonds is 8. The fourth-order valence-corrected chi connectivity index (χ4v) is 9.52. The van der Waals surface area contributed by atoms with Crippen LogP contribution in [0.4, 0.5) is 0 Å². The Bertz CT molecular complexity index is 1660. The standard InChI is InChI=1S/C44H54N2O4/c47-40(45-38(43(49)28-12-1-2-13-29-43)36-24-16-20-32-18-6-8-22-34(32)36)42(26-10-5-11-27-42)41(48)46-39(44(50)30-14-3-4-15-31-44)37-25-17-21-33-19-7-9-23-35(33)37/h6-9,16-25,38-39,49-50H,1-5,10-15,26-31H2,(H,45,47)(H,46,48)/t38-,39-/m0/s1. The molecule has 0 spiro atoms. The average molecular weight is 675 g/mol. The van der Waals surface area contributed by atoms with Crippen molar-refractivity contribution in [3.05, 3.63) is 96.1 Å². The molecule has 3 aliphatic rings. The van der Waals surface area contributed by atoms with Gasteiger partial charge in [-0.2, -0.15) is 0 Å². The molecule has 50 heavy (non-hydrogen) atoms. The Morgan fingerprint density at radius 3 is 1.22 bits per heavy atom. The fraction of sp³-hybridized carbons (Fsp3) is 0.500. The van der Waals surface area contributed by atoms with Gasteiger partial charge in [-0.25, -0.2) is 0 Å². The third-order valence-electron chi connectivity index (χ3n) is 12.4. The van der Waals surface area contributed by atoms with Gasteiger partial charge in [0.25, 0.3) is 0 Å². The normalized spacial score (nSPS) is 21.7. The molecule has 3 aliphatic carbocycles. The lowest BCUT2D eigenvalue weighted by Gasteiger charge is -2.43. The van der Waals surface area contributed by atoms with Crippen LogP contribution in [0.25, 0.3) is 21.5 Å². The monoisotopic (exact) mass is 674 g/mol. The smallest absolute Gasteiger partial charge is 0.236 e. The SMILES string of the molecule is O=C(N[C@@H](c1cccc2ccccc12)C1(O)CCCCCC1)C1(C(=O)N[C@@H](c2cccc3ccccc23)C2(O)CCCCCC2)CCCCC1. The minimum Gasteiger partial charge on any atom is -0.387 e. The van der Waals surface area contributed by atoms with E-state index in [1.807, 2.05) is 48.5 Å². The van der Waals surface area contributed by atoms with E-state index in [2.05, 4.69) is 47.0 Å². The minimum absolute atomic E-state index is 0.310. The first kappa shape index (κ1) is 34.7. The van der Waals surface area contributed by atoms with Gasteiger partial charge in [-0.3, -0.25) is 9.59 Å².